The van der Waals surface area contributed by atoms with Crippen molar-refractivity contribution in [3.8, 4) is 0 Å². The third-order valence-corrected chi connectivity index (χ3v) is 7.29. The third-order valence-electron chi connectivity index (χ3n) is 5.53. The Labute approximate surface area is 206 Å². The highest BCUT2D eigenvalue weighted by Crippen LogP contribution is 2.41. The molecule has 1 fully saturated rings. The monoisotopic (exact) mass is 507 g/mol. The summed E-state index contributed by atoms with van der Waals surface area (Å²) < 4.78 is 33.1. The Kier molecular flexibility index (Phi) is 7.99. The van der Waals surface area contributed by atoms with E-state index in [4.69, 9.17) is 18.9 Å². The van der Waals surface area contributed by atoms with Gasteiger partial charge in [0.2, 0.25) is 12.7 Å². The molecule has 3 rings (SSSR count). The molecule has 190 valence electrons. The highest BCUT2D eigenvalue weighted by atomic mass is 32.2. The number of β-lactam (4-membered cyclic amide) rings is 1. The molecule has 35 heavy (non-hydrogen) atoms. The van der Waals surface area contributed by atoms with Crippen LogP contribution >= 0.6 is 0 Å². The molecular weight excluding hydrogens is 478 g/mol. The molecule has 2 heterocycles. The van der Waals surface area contributed by atoms with Crippen molar-refractivity contribution in [1.82, 2.24) is 4.90 Å². The number of benzene rings is 1. The number of esters is 2. The molecule has 2 aliphatic heterocycles. The lowest BCUT2D eigenvalue weighted by atomic mass is 9.91. The van der Waals surface area contributed by atoms with Gasteiger partial charge in [-0.15, -0.1) is 0 Å². The molecule has 0 radical (unpaired) electrons. The lowest BCUT2D eigenvalue weighted by Gasteiger charge is -2.50. The fourth-order valence-corrected chi connectivity index (χ4v) is 5.52. The molecule has 0 aliphatic carbocycles. The van der Waals surface area contributed by atoms with Crippen molar-refractivity contribution in [2.24, 2.45) is 11.3 Å². The Bertz CT molecular complexity index is 1060. The normalized spacial score (nSPS) is 22.5. The van der Waals surface area contributed by atoms with Crippen LogP contribution in [0.15, 0.2) is 41.6 Å². The first-order chi connectivity index (χ1) is 16.4. The Balaban J connectivity index is 1.60. The van der Waals surface area contributed by atoms with Crippen LogP contribution in [0.4, 0.5) is 4.79 Å². The molecular formula is C24H29NO9S. The van der Waals surface area contributed by atoms with Gasteiger partial charge in [-0.25, -0.2) is 9.59 Å². The molecule has 1 saturated heterocycles. The predicted octanol–water partition coefficient (Wildman–Crippen LogP) is 2.64. The van der Waals surface area contributed by atoms with E-state index in [0.717, 1.165) is 10.5 Å². The van der Waals surface area contributed by atoms with E-state index in [1.165, 1.54) is 6.92 Å². The van der Waals surface area contributed by atoms with Crippen LogP contribution in [-0.2, 0) is 50.7 Å². The van der Waals surface area contributed by atoms with Crippen molar-refractivity contribution in [3.63, 3.8) is 0 Å². The molecule has 2 aliphatic rings. The quantitative estimate of drug-likeness (QED) is 0.311. The lowest BCUT2D eigenvalue weighted by molar-refractivity contribution is -0.175. The largest absolute Gasteiger partial charge is 0.508 e. The third kappa shape index (κ3) is 5.90. The Morgan fingerprint density at radius 3 is 2.40 bits per heavy atom. The van der Waals surface area contributed by atoms with Gasteiger partial charge in [0.05, 0.1) is 5.41 Å². The summed E-state index contributed by atoms with van der Waals surface area (Å²) in [5.74, 6) is -2.81. The summed E-state index contributed by atoms with van der Waals surface area (Å²) in [6, 6.07) is 9.02. The zero-order chi connectivity index (χ0) is 25.9. The lowest BCUT2D eigenvalue weighted by Crippen LogP contribution is -2.68. The second kappa shape index (κ2) is 10.6. The predicted molar refractivity (Wildman–Crippen MR) is 124 cm³/mol. The van der Waals surface area contributed by atoms with Crippen molar-refractivity contribution >= 4 is 34.8 Å². The van der Waals surface area contributed by atoms with Crippen LogP contribution in [0.2, 0.25) is 0 Å². The Morgan fingerprint density at radius 1 is 1.11 bits per heavy atom. The maximum Gasteiger partial charge on any atom is 0.508 e. The first kappa shape index (κ1) is 26.4. The van der Waals surface area contributed by atoms with Gasteiger partial charge in [0.15, 0.2) is 0 Å². The van der Waals surface area contributed by atoms with E-state index in [0.29, 0.717) is 5.57 Å². The summed E-state index contributed by atoms with van der Waals surface area (Å²) >= 11 is 0. The van der Waals surface area contributed by atoms with E-state index in [1.54, 1.807) is 52.0 Å². The van der Waals surface area contributed by atoms with Crippen LogP contribution in [0.1, 0.15) is 40.2 Å². The number of amides is 1. The molecule has 0 bridgehead atoms. The molecule has 0 N–H and O–H groups in total. The number of carbonyl (C=O) groups is 4. The van der Waals surface area contributed by atoms with Crippen molar-refractivity contribution in [2.75, 3.05) is 12.5 Å². The number of nitrogens with zero attached hydrogens (tertiary/aromatic N) is 1. The van der Waals surface area contributed by atoms with Crippen LogP contribution < -0.4 is 0 Å². The van der Waals surface area contributed by atoms with Crippen LogP contribution in [0.5, 0.6) is 0 Å². The van der Waals surface area contributed by atoms with E-state index in [2.05, 4.69) is 0 Å². The summed E-state index contributed by atoms with van der Waals surface area (Å²) in [5.41, 5.74) is 0.372. The number of carbonyl (C=O) groups excluding carboxylic acids is 4. The molecule has 10 nitrogen and oxygen atoms in total. The maximum atomic E-state index is 12.9. The summed E-state index contributed by atoms with van der Waals surface area (Å²) in [7, 11) is -1.52. The first-order valence-electron chi connectivity index (χ1n) is 11.0. The molecule has 11 heteroatoms. The fraction of sp³-hybridized carbons (Fsp3) is 0.500. The average molecular weight is 508 g/mol. The average Bonchev–Trinajstić information content (AvgIpc) is 2.78. The van der Waals surface area contributed by atoms with E-state index in [-0.39, 0.29) is 18.1 Å². The van der Waals surface area contributed by atoms with Crippen molar-refractivity contribution in [3.05, 3.63) is 47.2 Å². The van der Waals surface area contributed by atoms with E-state index in [9.17, 15) is 23.4 Å². The van der Waals surface area contributed by atoms with Gasteiger partial charge in [0.25, 0.3) is 0 Å². The summed E-state index contributed by atoms with van der Waals surface area (Å²) in [4.78, 5) is 50.7. The standard InChI is InChI=1S/C24H29NO9S/c1-14-12-35(30)20-17(15(2)34-23(29)31-11-16-9-7-6-8-10-16)19(26)25(20)18(14)21(27)32-13-33-22(28)24(3,4)5/h6-10,15,17,20H,11-13H2,1-5H3/t15?,17-,20+,35?/m0/s1. The number of hydrogen-bond donors (Lipinski definition) is 0. The molecule has 1 aromatic rings. The number of ether oxygens (including phenoxy) is 4. The summed E-state index contributed by atoms with van der Waals surface area (Å²) in [6.07, 6.45) is -1.89. The molecule has 1 amide bonds. The van der Waals surface area contributed by atoms with Crippen LogP contribution in [0.3, 0.4) is 0 Å². The molecule has 0 saturated carbocycles. The number of fused-ring (bicyclic) bond motifs is 1. The summed E-state index contributed by atoms with van der Waals surface area (Å²) in [6.45, 7) is 7.45. The molecule has 2 unspecified atom stereocenters. The highest BCUT2D eigenvalue weighted by molar-refractivity contribution is 7.86. The summed E-state index contributed by atoms with van der Waals surface area (Å²) in [5, 5.41) is -0.859. The number of hydrogen-bond acceptors (Lipinski definition) is 9. The van der Waals surface area contributed by atoms with Gasteiger partial charge < -0.3 is 18.9 Å². The fourth-order valence-electron chi connectivity index (χ4n) is 3.68. The van der Waals surface area contributed by atoms with Gasteiger partial charge in [0, 0.05) is 16.6 Å². The minimum absolute atomic E-state index is 0.00417. The first-order valence-corrected chi connectivity index (χ1v) is 12.4. The van der Waals surface area contributed by atoms with Gasteiger partial charge >= 0.3 is 18.1 Å². The van der Waals surface area contributed by atoms with Crippen molar-refractivity contribution in [1.29, 1.82) is 0 Å². The SMILES string of the molecule is CC1=C(C(=O)OCOC(=O)C(C)(C)C)N2C(=O)[C@H](C(C)OC(=O)OCc3ccccc3)[C@H]2S(=O)C1. The van der Waals surface area contributed by atoms with Crippen LogP contribution in [-0.4, -0.2) is 57.1 Å². The zero-order valence-corrected chi connectivity index (χ0v) is 21.1. The van der Waals surface area contributed by atoms with Crippen LogP contribution in [0.25, 0.3) is 0 Å². The van der Waals surface area contributed by atoms with Gasteiger partial charge in [-0.3, -0.25) is 18.7 Å². The van der Waals surface area contributed by atoms with E-state index < -0.39 is 64.4 Å². The Hall–Kier alpha value is -3.21. The minimum Gasteiger partial charge on any atom is -0.430 e. The van der Waals surface area contributed by atoms with Gasteiger partial charge in [0.1, 0.15) is 29.7 Å². The van der Waals surface area contributed by atoms with Crippen LogP contribution in [0, 0.1) is 11.3 Å². The Morgan fingerprint density at radius 2 is 1.77 bits per heavy atom. The minimum atomic E-state index is -1.52. The topological polar surface area (TPSA) is 126 Å². The zero-order valence-electron chi connectivity index (χ0n) is 20.3. The number of rotatable bonds is 7. The van der Waals surface area contributed by atoms with Gasteiger partial charge in [-0.05, 0) is 45.8 Å². The van der Waals surface area contributed by atoms with Crippen molar-refractivity contribution < 1.29 is 42.3 Å². The second-order valence-corrected chi connectivity index (χ2v) is 10.9. The molecule has 1 aromatic carbocycles. The van der Waals surface area contributed by atoms with E-state index >= 15 is 0 Å². The second-order valence-electron chi connectivity index (χ2n) is 9.36. The molecule has 0 aromatic heterocycles. The molecule has 0 spiro atoms. The van der Waals surface area contributed by atoms with Gasteiger partial charge in [-0.2, -0.15) is 0 Å². The van der Waals surface area contributed by atoms with Crippen molar-refractivity contribution in [2.45, 2.75) is 52.7 Å². The highest BCUT2D eigenvalue weighted by Gasteiger charge is 2.59. The van der Waals surface area contributed by atoms with E-state index in [1.807, 2.05) is 6.07 Å². The maximum absolute atomic E-state index is 12.9. The van der Waals surface area contributed by atoms with Gasteiger partial charge in [-0.1, -0.05) is 30.3 Å². The molecule has 4 atom stereocenters. The smallest absolute Gasteiger partial charge is 0.430 e.